The normalized spacial score (nSPS) is 12.5. The highest BCUT2D eigenvalue weighted by atomic mass is 35.5. The summed E-state index contributed by atoms with van der Waals surface area (Å²) >= 11 is 0. The number of benzene rings is 1. The van der Waals surface area contributed by atoms with Crippen molar-refractivity contribution in [2.75, 3.05) is 6.61 Å². The molecular formula is C13H20ClNO3. The van der Waals surface area contributed by atoms with Crippen molar-refractivity contribution in [1.82, 2.24) is 0 Å². The predicted molar refractivity (Wildman–Crippen MR) is 72.8 cm³/mol. The van der Waals surface area contributed by atoms with Crippen molar-refractivity contribution in [3.05, 3.63) is 29.8 Å². The third-order valence-corrected chi connectivity index (χ3v) is 2.75. The number of hydrogen-bond acceptors (Lipinski definition) is 4. The Morgan fingerprint density at radius 1 is 1.39 bits per heavy atom. The van der Waals surface area contributed by atoms with Gasteiger partial charge in [-0.25, -0.2) is 0 Å². The largest absolute Gasteiger partial charge is 0.427 e. The summed E-state index contributed by atoms with van der Waals surface area (Å²) < 4.78 is 4.93. The summed E-state index contributed by atoms with van der Waals surface area (Å²) in [6.07, 6.45) is 0. The van der Waals surface area contributed by atoms with E-state index in [1.807, 2.05) is 13.8 Å². The molecule has 1 aromatic rings. The summed E-state index contributed by atoms with van der Waals surface area (Å²) in [4.78, 5) is 10.8. The lowest BCUT2D eigenvalue weighted by molar-refractivity contribution is -0.131. The van der Waals surface area contributed by atoms with Crippen molar-refractivity contribution in [2.45, 2.75) is 26.8 Å². The van der Waals surface area contributed by atoms with Crippen LogP contribution in [0.3, 0.4) is 0 Å². The lowest BCUT2D eigenvalue weighted by Gasteiger charge is -2.29. The molecule has 4 nitrogen and oxygen atoms in total. The molecule has 3 N–H and O–H groups in total. The summed E-state index contributed by atoms with van der Waals surface area (Å²) in [7, 11) is 0. The second kappa shape index (κ2) is 6.73. The lowest BCUT2D eigenvalue weighted by Crippen LogP contribution is -2.32. The van der Waals surface area contributed by atoms with E-state index in [2.05, 4.69) is 0 Å². The first kappa shape index (κ1) is 16.9. The lowest BCUT2D eigenvalue weighted by atomic mass is 9.82. The molecule has 1 rings (SSSR count). The SMILES string of the molecule is CC(=O)Oc1ccc([C@@H](N)C(C)(C)CO)cc1.Cl. The maximum absolute atomic E-state index is 10.8. The number of ether oxygens (including phenoxy) is 1. The summed E-state index contributed by atoms with van der Waals surface area (Å²) in [5, 5.41) is 9.25. The highest BCUT2D eigenvalue weighted by molar-refractivity contribution is 5.85. The van der Waals surface area contributed by atoms with Gasteiger partial charge < -0.3 is 15.6 Å². The molecular weight excluding hydrogens is 254 g/mol. The molecule has 0 spiro atoms. The molecule has 0 heterocycles. The van der Waals surface area contributed by atoms with Gasteiger partial charge in [0, 0.05) is 25.0 Å². The van der Waals surface area contributed by atoms with Crippen molar-refractivity contribution < 1.29 is 14.6 Å². The number of aliphatic hydroxyl groups is 1. The van der Waals surface area contributed by atoms with E-state index in [-0.39, 0.29) is 36.4 Å². The molecule has 0 saturated heterocycles. The number of carbonyl (C=O) groups excluding carboxylic acids is 1. The molecule has 0 radical (unpaired) electrons. The molecule has 0 fully saturated rings. The molecule has 0 aliphatic carbocycles. The molecule has 0 aromatic heterocycles. The summed E-state index contributed by atoms with van der Waals surface area (Å²) in [6, 6.07) is 6.74. The van der Waals surface area contributed by atoms with Crippen molar-refractivity contribution in [1.29, 1.82) is 0 Å². The second-order valence-electron chi connectivity index (χ2n) is 4.79. The van der Waals surface area contributed by atoms with Crippen LogP contribution >= 0.6 is 12.4 Å². The molecule has 5 heteroatoms. The third-order valence-electron chi connectivity index (χ3n) is 2.75. The average Bonchev–Trinajstić information content (AvgIpc) is 2.28. The highest BCUT2D eigenvalue weighted by Crippen LogP contribution is 2.31. The van der Waals surface area contributed by atoms with Gasteiger partial charge in [-0.05, 0) is 17.7 Å². The van der Waals surface area contributed by atoms with Crippen molar-refractivity contribution in [3.8, 4) is 5.75 Å². The fourth-order valence-electron chi connectivity index (χ4n) is 1.46. The highest BCUT2D eigenvalue weighted by Gasteiger charge is 2.26. The van der Waals surface area contributed by atoms with Crippen molar-refractivity contribution in [2.24, 2.45) is 11.1 Å². The van der Waals surface area contributed by atoms with Crippen LogP contribution in [0.15, 0.2) is 24.3 Å². The Hall–Kier alpha value is -1.10. The second-order valence-corrected chi connectivity index (χ2v) is 4.79. The number of aliphatic hydroxyl groups excluding tert-OH is 1. The smallest absolute Gasteiger partial charge is 0.308 e. The van der Waals surface area contributed by atoms with E-state index < -0.39 is 0 Å². The maximum atomic E-state index is 10.8. The predicted octanol–water partition coefficient (Wildman–Crippen LogP) is 2.05. The summed E-state index contributed by atoms with van der Waals surface area (Å²) in [5.74, 6) is 0.146. The molecule has 0 bridgehead atoms. The Kier molecular flexibility index (Phi) is 6.32. The van der Waals surface area contributed by atoms with E-state index in [1.165, 1.54) is 6.92 Å². The van der Waals surface area contributed by atoms with Crippen molar-refractivity contribution in [3.63, 3.8) is 0 Å². The number of esters is 1. The minimum Gasteiger partial charge on any atom is -0.427 e. The third kappa shape index (κ3) is 4.29. The van der Waals surface area contributed by atoms with Gasteiger partial charge in [0.25, 0.3) is 0 Å². The maximum Gasteiger partial charge on any atom is 0.308 e. The molecule has 0 unspecified atom stereocenters. The van der Waals surface area contributed by atoms with E-state index in [0.717, 1.165) is 5.56 Å². The van der Waals surface area contributed by atoms with Gasteiger partial charge in [-0.15, -0.1) is 12.4 Å². The minimum absolute atomic E-state index is 0. The standard InChI is InChI=1S/C13H19NO3.ClH/c1-9(16)17-11-6-4-10(5-7-11)12(14)13(2,3)8-15;/h4-7,12,15H,8,14H2,1-3H3;1H/t12-;/m1./s1. The average molecular weight is 274 g/mol. The van der Waals surface area contributed by atoms with Crippen LogP contribution in [0.1, 0.15) is 32.4 Å². The molecule has 0 aliphatic heterocycles. The van der Waals surface area contributed by atoms with Crippen LogP contribution in [0.5, 0.6) is 5.75 Å². The van der Waals surface area contributed by atoms with Crippen LogP contribution in [-0.4, -0.2) is 17.7 Å². The fraction of sp³-hybridized carbons (Fsp3) is 0.462. The van der Waals surface area contributed by atoms with Crippen LogP contribution in [0.4, 0.5) is 0 Å². The summed E-state index contributed by atoms with van der Waals surface area (Å²) in [6.45, 7) is 5.17. The number of carbonyl (C=O) groups is 1. The Bertz CT molecular complexity index is 390. The minimum atomic E-state index is -0.386. The zero-order valence-corrected chi connectivity index (χ0v) is 11.7. The Morgan fingerprint density at radius 3 is 2.28 bits per heavy atom. The van der Waals surface area contributed by atoms with Gasteiger partial charge in [-0.1, -0.05) is 26.0 Å². The number of halogens is 1. The van der Waals surface area contributed by atoms with E-state index >= 15 is 0 Å². The summed E-state index contributed by atoms with van der Waals surface area (Å²) in [5.41, 5.74) is 6.58. The zero-order valence-electron chi connectivity index (χ0n) is 10.8. The molecule has 1 aromatic carbocycles. The Balaban J connectivity index is 0.00000289. The number of nitrogens with two attached hydrogens (primary N) is 1. The first-order valence-electron chi connectivity index (χ1n) is 5.51. The van der Waals surface area contributed by atoms with Crippen molar-refractivity contribution >= 4 is 18.4 Å². The molecule has 0 amide bonds. The molecule has 1 atom stereocenters. The Morgan fingerprint density at radius 2 is 1.89 bits per heavy atom. The topological polar surface area (TPSA) is 72.5 Å². The fourth-order valence-corrected chi connectivity index (χ4v) is 1.46. The van der Waals surface area contributed by atoms with Crippen LogP contribution in [0, 0.1) is 5.41 Å². The van der Waals surface area contributed by atoms with E-state index in [1.54, 1.807) is 24.3 Å². The Labute approximate surface area is 114 Å². The molecule has 0 saturated carbocycles. The molecule has 0 aliphatic rings. The molecule has 18 heavy (non-hydrogen) atoms. The van der Waals surface area contributed by atoms with Crippen LogP contribution in [0.2, 0.25) is 0 Å². The van der Waals surface area contributed by atoms with Gasteiger partial charge in [-0.2, -0.15) is 0 Å². The van der Waals surface area contributed by atoms with Gasteiger partial charge in [0.2, 0.25) is 0 Å². The first-order chi connectivity index (χ1) is 7.86. The van der Waals surface area contributed by atoms with Gasteiger partial charge in [0.1, 0.15) is 5.75 Å². The van der Waals surface area contributed by atoms with Gasteiger partial charge >= 0.3 is 5.97 Å². The van der Waals surface area contributed by atoms with E-state index in [0.29, 0.717) is 5.75 Å². The van der Waals surface area contributed by atoms with Crippen LogP contribution in [0.25, 0.3) is 0 Å². The van der Waals surface area contributed by atoms with Gasteiger partial charge in [0.15, 0.2) is 0 Å². The van der Waals surface area contributed by atoms with Gasteiger partial charge in [-0.3, -0.25) is 4.79 Å². The number of rotatable bonds is 4. The molecule has 102 valence electrons. The van der Waals surface area contributed by atoms with E-state index in [9.17, 15) is 9.90 Å². The zero-order chi connectivity index (χ0) is 13.1. The monoisotopic (exact) mass is 273 g/mol. The quantitative estimate of drug-likeness (QED) is 0.651. The van der Waals surface area contributed by atoms with Crippen LogP contribution < -0.4 is 10.5 Å². The first-order valence-corrected chi connectivity index (χ1v) is 5.51. The number of hydrogen-bond donors (Lipinski definition) is 2. The van der Waals surface area contributed by atoms with Crippen LogP contribution in [-0.2, 0) is 4.79 Å². The van der Waals surface area contributed by atoms with Gasteiger partial charge in [0.05, 0.1) is 0 Å². The van der Waals surface area contributed by atoms with E-state index in [4.69, 9.17) is 10.5 Å².